The Kier molecular flexibility index (Phi) is 6.37. The van der Waals surface area contributed by atoms with E-state index >= 15 is 0 Å². The van der Waals surface area contributed by atoms with E-state index < -0.39 is 54.0 Å². The minimum absolute atomic E-state index is 0.131. The normalized spacial score (nSPS) is 16.5. The fourth-order valence-electron chi connectivity index (χ4n) is 3.89. The fraction of sp³-hybridized carbons (Fsp3) is 0.364. The maximum Gasteiger partial charge on any atom is 0.413 e. The first-order chi connectivity index (χ1) is 16.9. The molecule has 2 amide bonds. The molecule has 10 nitrogen and oxygen atoms in total. The maximum atomic E-state index is 13.9. The lowest BCUT2D eigenvalue weighted by Crippen LogP contribution is -2.51. The van der Waals surface area contributed by atoms with E-state index in [-0.39, 0.29) is 22.9 Å². The van der Waals surface area contributed by atoms with Crippen LogP contribution in [0, 0.1) is 17.2 Å². The monoisotopic (exact) mass is 507 g/mol. The number of aromatic nitrogens is 5. The smallest absolute Gasteiger partial charge is 0.413 e. The van der Waals surface area contributed by atoms with Gasteiger partial charge < -0.3 is 10.1 Å². The van der Waals surface area contributed by atoms with Crippen molar-refractivity contribution in [1.29, 1.82) is 0 Å². The fourth-order valence-corrected chi connectivity index (χ4v) is 3.89. The second-order valence-electron chi connectivity index (χ2n) is 8.76. The Balaban J connectivity index is 1.43. The summed E-state index contributed by atoms with van der Waals surface area (Å²) in [5, 5.41) is 9.04. The van der Waals surface area contributed by atoms with E-state index in [9.17, 15) is 27.2 Å². The van der Waals surface area contributed by atoms with Crippen LogP contribution in [0.3, 0.4) is 0 Å². The number of hydrogen-bond donors (Lipinski definition) is 2. The van der Waals surface area contributed by atoms with Gasteiger partial charge in [-0.3, -0.25) is 14.8 Å². The minimum Gasteiger partial charge on any atom is -0.441 e. The number of rotatable bonds is 6. The highest BCUT2D eigenvalue weighted by molar-refractivity contribution is 5.96. The lowest BCUT2D eigenvalue weighted by Gasteiger charge is -2.43. The summed E-state index contributed by atoms with van der Waals surface area (Å²) in [7, 11) is 1.53. The molecule has 3 aromatic heterocycles. The maximum absolute atomic E-state index is 13.9. The van der Waals surface area contributed by atoms with Gasteiger partial charge in [-0.1, -0.05) is 6.92 Å². The molecule has 1 fully saturated rings. The Labute approximate surface area is 202 Å². The molecule has 1 atom stereocenters. The number of aryl methyl sites for hydroxylation is 1. The van der Waals surface area contributed by atoms with E-state index in [0.717, 1.165) is 6.07 Å². The highest BCUT2D eigenvalue weighted by Crippen LogP contribution is 2.52. The van der Waals surface area contributed by atoms with E-state index in [4.69, 9.17) is 4.74 Å². The van der Waals surface area contributed by atoms with E-state index in [2.05, 4.69) is 30.7 Å². The van der Waals surface area contributed by atoms with Crippen LogP contribution in [0.15, 0.2) is 30.9 Å². The molecule has 0 aromatic carbocycles. The zero-order valence-electron chi connectivity index (χ0n) is 19.4. The van der Waals surface area contributed by atoms with Gasteiger partial charge in [-0.05, 0) is 13.0 Å². The van der Waals surface area contributed by atoms with Crippen molar-refractivity contribution in [2.24, 2.45) is 12.5 Å². The number of carbonyl (C=O) groups is 2. The molecule has 14 heteroatoms. The highest BCUT2D eigenvalue weighted by atomic mass is 19.3. The van der Waals surface area contributed by atoms with Crippen molar-refractivity contribution in [2.75, 3.05) is 10.6 Å². The molecule has 3 heterocycles. The summed E-state index contributed by atoms with van der Waals surface area (Å²) in [5.74, 6) is -4.89. The first-order valence-corrected chi connectivity index (χ1v) is 10.7. The standard InChI is InChI=1S/C22H21F4N7O3/c1-11(14-4-12(23)5-27-16(14)24)36-20(35)32-18-15(8-30-33(18)3)17-28-6-13(7-29-17)31-19(34)21(2)9-22(25,26)10-21/h4-8,11H,9-10H2,1-3H3,(H,31,34)(H,32,35)/t11-/m1/s1. The molecule has 1 aliphatic rings. The second kappa shape index (κ2) is 9.17. The molecule has 0 aliphatic heterocycles. The van der Waals surface area contributed by atoms with Crippen LogP contribution >= 0.6 is 0 Å². The first kappa shape index (κ1) is 25.0. The number of halogens is 4. The Morgan fingerprint density at radius 2 is 1.75 bits per heavy atom. The summed E-state index contributed by atoms with van der Waals surface area (Å²) in [6.45, 7) is 2.81. The number of pyridine rings is 1. The van der Waals surface area contributed by atoms with Gasteiger partial charge in [0.2, 0.25) is 17.8 Å². The van der Waals surface area contributed by atoms with Gasteiger partial charge in [-0.25, -0.2) is 32.9 Å². The van der Waals surface area contributed by atoms with Crippen LogP contribution in [0.2, 0.25) is 0 Å². The zero-order chi connectivity index (χ0) is 26.3. The van der Waals surface area contributed by atoms with Gasteiger partial charge in [-0.15, -0.1) is 0 Å². The lowest BCUT2D eigenvalue weighted by atomic mass is 9.67. The van der Waals surface area contributed by atoms with Crippen molar-refractivity contribution in [3.63, 3.8) is 0 Å². The van der Waals surface area contributed by atoms with Crippen molar-refractivity contribution in [1.82, 2.24) is 24.7 Å². The van der Waals surface area contributed by atoms with Crippen LogP contribution in [0.4, 0.5) is 33.9 Å². The van der Waals surface area contributed by atoms with E-state index in [1.54, 1.807) is 0 Å². The average molecular weight is 507 g/mol. The third-order valence-electron chi connectivity index (χ3n) is 5.71. The van der Waals surface area contributed by atoms with Gasteiger partial charge in [-0.2, -0.15) is 9.49 Å². The Morgan fingerprint density at radius 1 is 1.08 bits per heavy atom. The predicted molar refractivity (Wildman–Crippen MR) is 118 cm³/mol. The largest absolute Gasteiger partial charge is 0.441 e. The summed E-state index contributed by atoms with van der Waals surface area (Å²) in [4.78, 5) is 36.3. The molecular formula is C22H21F4N7O3. The molecule has 1 aliphatic carbocycles. The van der Waals surface area contributed by atoms with E-state index in [1.807, 2.05) is 0 Å². The van der Waals surface area contributed by atoms with Gasteiger partial charge in [0.1, 0.15) is 17.7 Å². The summed E-state index contributed by atoms with van der Waals surface area (Å²) >= 11 is 0. The van der Waals surface area contributed by atoms with E-state index in [1.165, 1.54) is 44.2 Å². The number of nitrogens with zero attached hydrogens (tertiary/aromatic N) is 5. The number of carbonyl (C=O) groups excluding carboxylic acids is 2. The number of anilines is 2. The number of alkyl halides is 2. The van der Waals surface area contributed by atoms with Gasteiger partial charge in [0.25, 0.3) is 0 Å². The van der Waals surface area contributed by atoms with Crippen LogP contribution in [-0.2, 0) is 16.6 Å². The van der Waals surface area contributed by atoms with Gasteiger partial charge >= 0.3 is 6.09 Å². The molecule has 0 radical (unpaired) electrons. The van der Waals surface area contributed by atoms with Crippen LogP contribution in [0.5, 0.6) is 0 Å². The molecule has 190 valence electrons. The number of ether oxygens (including phenoxy) is 1. The third-order valence-corrected chi connectivity index (χ3v) is 5.71. The number of amides is 2. The second-order valence-corrected chi connectivity index (χ2v) is 8.76. The summed E-state index contributed by atoms with van der Waals surface area (Å²) in [6, 6.07) is 0.876. The molecule has 0 spiro atoms. The zero-order valence-corrected chi connectivity index (χ0v) is 19.4. The first-order valence-electron chi connectivity index (χ1n) is 10.7. The molecule has 0 saturated heterocycles. The highest BCUT2D eigenvalue weighted by Gasteiger charge is 2.57. The van der Waals surface area contributed by atoms with Crippen LogP contribution in [0.1, 0.15) is 38.4 Å². The molecule has 4 rings (SSSR count). The van der Waals surface area contributed by atoms with Crippen molar-refractivity contribution >= 4 is 23.5 Å². The van der Waals surface area contributed by atoms with Crippen molar-refractivity contribution in [3.8, 4) is 11.4 Å². The van der Waals surface area contributed by atoms with Crippen LogP contribution < -0.4 is 10.6 Å². The summed E-state index contributed by atoms with van der Waals surface area (Å²) in [6.07, 6.45) is 1.46. The van der Waals surface area contributed by atoms with Crippen molar-refractivity contribution in [3.05, 3.63) is 48.2 Å². The molecule has 3 aromatic rings. The molecule has 1 saturated carbocycles. The Bertz CT molecular complexity index is 1310. The average Bonchev–Trinajstić information content (AvgIpc) is 3.14. The number of hydrogen-bond acceptors (Lipinski definition) is 7. The SMILES string of the molecule is C[C@@H](OC(=O)Nc1c(-c2ncc(NC(=O)C3(C)CC(F)(F)C3)cn2)cnn1C)c1cc(F)cnc1F. The topological polar surface area (TPSA) is 124 Å². The number of nitrogens with one attached hydrogen (secondary N) is 2. The Morgan fingerprint density at radius 3 is 2.39 bits per heavy atom. The van der Waals surface area contributed by atoms with Gasteiger partial charge in [0.05, 0.1) is 47.0 Å². The van der Waals surface area contributed by atoms with Gasteiger partial charge in [0, 0.05) is 19.9 Å². The molecule has 2 N–H and O–H groups in total. The van der Waals surface area contributed by atoms with Crippen molar-refractivity contribution in [2.45, 2.75) is 38.7 Å². The molecule has 0 bridgehead atoms. The predicted octanol–water partition coefficient (Wildman–Crippen LogP) is 4.23. The quantitative estimate of drug-likeness (QED) is 0.378. The molecule has 0 unspecified atom stereocenters. The third kappa shape index (κ3) is 5.11. The van der Waals surface area contributed by atoms with Crippen molar-refractivity contribution < 1.29 is 31.9 Å². The molecule has 36 heavy (non-hydrogen) atoms. The summed E-state index contributed by atoms with van der Waals surface area (Å²) < 4.78 is 60.1. The molecular weight excluding hydrogens is 486 g/mol. The van der Waals surface area contributed by atoms with Gasteiger partial charge in [0.15, 0.2) is 5.82 Å². The Hall–Kier alpha value is -4.10. The van der Waals surface area contributed by atoms with Crippen LogP contribution in [0.25, 0.3) is 11.4 Å². The lowest BCUT2D eigenvalue weighted by molar-refractivity contribution is -0.170. The minimum atomic E-state index is -2.85. The van der Waals surface area contributed by atoms with Crippen LogP contribution in [-0.4, -0.2) is 42.7 Å². The summed E-state index contributed by atoms with van der Waals surface area (Å²) in [5.41, 5.74) is -0.914. The van der Waals surface area contributed by atoms with E-state index in [0.29, 0.717) is 11.8 Å².